The number of aliphatic hydroxyl groups excluding tert-OH is 1. The zero-order valence-electron chi connectivity index (χ0n) is 13.3. The van der Waals surface area contributed by atoms with Gasteiger partial charge in [-0.2, -0.15) is 0 Å². The van der Waals surface area contributed by atoms with Crippen LogP contribution in [-0.2, 0) is 16.1 Å². The molecule has 0 bridgehead atoms. The maximum absolute atomic E-state index is 12.1. The van der Waals surface area contributed by atoms with Gasteiger partial charge >= 0.3 is 5.97 Å². The van der Waals surface area contributed by atoms with Crippen molar-refractivity contribution < 1.29 is 19.4 Å². The predicted octanol–water partition coefficient (Wildman–Crippen LogP) is 2.22. The number of aromatic amines is 1. The summed E-state index contributed by atoms with van der Waals surface area (Å²) in [4.78, 5) is 27.7. The fraction of sp³-hybridized carbons (Fsp3) is 0.375. The van der Waals surface area contributed by atoms with Crippen LogP contribution in [0.25, 0.3) is 0 Å². The first kappa shape index (κ1) is 17.2. The Hall–Kier alpha value is -2.12. The van der Waals surface area contributed by atoms with Crippen molar-refractivity contribution >= 4 is 23.2 Å². The topological polar surface area (TPSA) is 91.4 Å². The SMILES string of the molecule is Cc1[nH]c(C(=O)OCC(=O)NCc2cccs2)c(C)c1[C@@H](C)O. The van der Waals surface area contributed by atoms with Crippen LogP contribution in [0.2, 0.25) is 0 Å². The molecule has 2 aromatic rings. The van der Waals surface area contributed by atoms with Gasteiger partial charge in [0.25, 0.3) is 5.91 Å². The van der Waals surface area contributed by atoms with Gasteiger partial charge in [-0.15, -0.1) is 11.3 Å². The minimum Gasteiger partial charge on any atom is -0.451 e. The molecule has 2 rings (SSSR count). The summed E-state index contributed by atoms with van der Waals surface area (Å²) >= 11 is 1.54. The Balaban J connectivity index is 1.89. The van der Waals surface area contributed by atoms with Crippen LogP contribution < -0.4 is 5.32 Å². The second kappa shape index (κ2) is 7.43. The lowest BCUT2D eigenvalue weighted by Crippen LogP contribution is -2.28. The third kappa shape index (κ3) is 4.20. The quantitative estimate of drug-likeness (QED) is 0.705. The molecule has 124 valence electrons. The third-order valence-electron chi connectivity index (χ3n) is 3.49. The van der Waals surface area contributed by atoms with Gasteiger partial charge in [-0.25, -0.2) is 4.79 Å². The Morgan fingerprint density at radius 3 is 2.74 bits per heavy atom. The number of rotatable bonds is 6. The number of thiophene rings is 1. The summed E-state index contributed by atoms with van der Waals surface area (Å²) in [6.07, 6.45) is -0.679. The number of esters is 1. The molecule has 0 unspecified atom stereocenters. The molecule has 0 aliphatic carbocycles. The number of hydrogen-bond acceptors (Lipinski definition) is 5. The molecule has 0 radical (unpaired) electrons. The molecule has 0 saturated carbocycles. The number of aliphatic hydroxyl groups is 1. The molecule has 1 atom stereocenters. The van der Waals surface area contributed by atoms with Crippen molar-refractivity contribution in [2.24, 2.45) is 0 Å². The zero-order valence-corrected chi connectivity index (χ0v) is 14.1. The van der Waals surface area contributed by atoms with Crippen molar-refractivity contribution in [2.75, 3.05) is 6.61 Å². The average molecular weight is 336 g/mol. The molecular formula is C16H20N2O4S. The number of H-pyrrole nitrogens is 1. The van der Waals surface area contributed by atoms with Crippen LogP contribution in [0.15, 0.2) is 17.5 Å². The van der Waals surface area contributed by atoms with E-state index in [0.717, 1.165) is 4.88 Å². The fourth-order valence-corrected chi connectivity index (χ4v) is 3.09. The lowest BCUT2D eigenvalue weighted by atomic mass is 10.1. The van der Waals surface area contributed by atoms with Gasteiger partial charge in [0.05, 0.1) is 12.6 Å². The molecule has 0 aliphatic rings. The molecule has 23 heavy (non-hydrogen) atoms. The molecule has 2 aromatic heterocycles. The molecule has 7 heteroatoms. The van der Waals surface area contributed by atoms with Crippen LogP contribution in [0.1, 0.15) is 45.2 Å². The van der Waals surface area contributed by atoms with E-state index in [2.05, 4.69) is 10.3 Å². The van der Waals surface area contributed by atoms with Gasteiger partial charge in [0.2, 0.25) is 0 Å². The molecule has 2 heterocycles. The van der Waals surface area contributed by atoms with E-state index >= 15 is 0 Å². The van der Waals surface area contributed by atoms with E-state index in [1.54, 1.807) is 32.1 Å². The summed E-state index contributed by atoms with van der Waals surface area (Å²) < 4.78 is 5.03. The lowest BCUT2D eigenvalue weighted by molar-refractivity contribution is -0.124. The van der Waals surface area contributed by atoms with Crippen LogP contribution in [0.3, 0.4) is 0 Å². The maximum Gasteiger partial charge on any atom is 0.355 e. The number of carbonyl (C=O) groups is 2. The van der Waals surface area contributed by atoms with Gasteiger partial charge in [0, 0.05) is 16.1 Å². The zero-order chi connectivity index (χ0) is 17.0. The number of nitrogens with one attached hydrogen (secondary N) is 2. The summed E-state index contributed by atoms with van der Waals surface area (Å²) in [6, 6.07) is 3.82. The van der Waals surface area contributed by atoms with Crippen LogP contribution in [0.4, 0.5) is 0 Å². The molecule has 0 aromatic carbocycles. The van der Waals surface area contributed by atoms with Crippen molar-refractivity contribution in [3.63, 3.8) is 0 Å². The van der Waals surface area contributed by atoms with E-state index in [0.29, 0.717) is 23.4 Å². The molecule has 6 nitrogen and oxygen atoms in total. The van der Waals surface area contributed by atoms with Crippen molar-refractivity contribution in [3.05, 3.63) is 44.9 Å². The van der Waals surface area contributed by atoms with Crippen molar-refractivity contribution in [3.8, 4) is 0 Å². The Kier molecular flexibility index (Phi) is 5.57. The fourth-order valence-electron chi connectivity index (χ4n) is 2.45. The molecule has 0 aliphatic heterocycles. The summed E-state index contributed by atoms with van der Waals surface area (Å²) in [5.74, 6) is -0.966. The van der Waals surface area contributed by atoms with E-state index in [9.17, 15) is 14.7 Å². The highest BCUT2D eigenvalue weighted by Crippen LogP contribution is 2.24. The van der Waals surface area contributed by atoms with Gasteiger partial charge in [-0.05, 0) is 37.8 Å². The van der Waals surface area contributed by atoms with Crippen molar-refractivity contribution in [1.29, 1.82) is 0 Å². The number of hydrogen-bond donors (Lipinski definition) is 3. The van der Waals surface area contributed by atoms with Gasteiger partial charge in [-0.1, -0.05) is 6.07 Å². The molecule has 1 amide bonds. The number of amides is 1. The summed E-state index contributed by atoms with van der Waals surface area (Å²) in [5, 5.41) is 14.3. The first-order valence-corrected chi connectivity index (χ1v) is 8.11. The molecular weight excluding hydrogens is 316 g/mol. The molecule has 0 spiro atoms. The average Bonchev–Trinajstić information content (AvgIpc) is 3.10. The molecule has 0 fully saturated rings. The molecule has 0 saturated heterocycles. The summed E-state index contributed by atoms with van der Waals surface area (Å²) in [6.45, 7) is 5.22. The van der Waals surface area contributed by atoms with Crippen molar-refractivity contribution in [1.82, 2.24) is 10.3 Å². The van der Waals surface area contributed by atoms with Crippen LogP contribution >= 0.6 is 11.3 Å². The summed E-state index contributed by atoms with van der Waals surface area (Å²) in [7, 11) is 0. The highest BCUT2D eigenvalue weighted by molar-refractivity contribution is 7.09. The Bertz CT molecular complexity index is 689. The van der Waals surface area contributed by atoms with Crippen LogP contribution in [0, 0.1) is 13.8 Å². The van der Waals surface area contributed by atoms with E-state index in [1.807, 2.05) is 17.5 Å². The maximum atomic E-state index is 12.1. The largest absolute Gasteiger partial charge is 0.451 e. The van der Waals surface area contributed by atoms with Crippen molar-refractivity contribution in [2.45, 2.75) is 33.4 Å². The Morgan fingerprint density at radius 1 is 1.43 bits per heavy atom. The Labute approximate surface area is 138 Å². The van der Waals surface area contributed by atoms with Crippen LogP contribution in [0.5, 0.6) is 0 Å². The standard InChI is InChI=1S/C16H20N2O4S/c1-9-14(11(3)19)10(2)18-15(9)16(21)22-8-13(20)17-7-12-5-4-6-23-12/h4-6,11,18-19H,7-8H2,1-3H3,(H,17,20)/t11-/m1/s1. The van der Waals surface area contributed by atoms with E-state index in [-0.39, 0.29) is 18.2 Å². The van der Waals surface area contributed by atoms with Gasteiger partial charge in [0.15, 0.2) is 6.61 Å². The highest BCUT2D eigenvalue weighted by Gasteiger charge is 2.21. The van der Waals surface area contributed by atoms with Gasteiger partial charge in [0.1, 0.15) is 5.69 Å². The summed E-state index contributed by atoms with van der Waals surface area (Å²) in [5.41, 5.74) is 2.30. The lowest BCUT2D eigenvalue weighted by Gasteiger charge is -2.07. The number of aromatic nitrogens is 1. The first-order valence-electron chi connectivity index (χ1n) is 7.23. The van der Waals surface area contributed by atoms with Gasteiger partial charge < -0.3 is 20.1 Å². The monoisotopic (exact) mass is 336 g/mol. The smallest absolute Gasteiger partial charge is 0.355 e. The first-order chi connectivity index (χ1) is 10.9. The van der Waals surface area contributed by atoms with Crippen LogP contribution in [-0.4, -0.2) is 28.6 Å². The van der Waals surface area contributed by atoms with E-state index < -0.39 is 12.1 Å². The minimum atomic E-state index is -0.679. The molecule has 3 N–H and O–H groups in total. The van der Waals surface area contributed by atoms with E-state index in [1.165, 1.54) is 0 Å². The highest BCUT2D eigenvalue weighted by atomic mass is 32.1. The third-order valence-corrected chi connectivity index (χ3v) is 4.37. The second-order valence-electron chi connectivity index (χ2n) is 5.27. The number of ether oxygens (including phenoxy) is 1. The predicted molar refractivity (Wildman–Crippen MR) is 87.3 cm³/mol. The number of aryl methyl sites for hydroxylation is 1. The van der Waals surface area contributed by atoms with E-state index in [4.69, 9.17) is 4.74 Å². The Morgan fingerprint density at radius 2 is 2.17 bits per heavy atom. The van der Waals surface area contributed by atoms with Gasteiger partial charge in [-0.3, -0.25) is 4.79 Å². The minimum absolute atomic E-state index is 0.268. The number of carbonyl (C=O) groups excluding carboxylic acids is 2. The second-order valence-corrected chi connectivity index (χ2v) is 6.30. The normalized spacial score (nSPS) is 12.0.